The Kier molecular flexibility index (Phi) is 2.37. The van der Waals surface area contributed by atoms with Crippen molar-refractivity contribution in [3.8, 4) is 0 Å². The third-order valence-electron chi connectivity index (χ3n) is 3.71. The van der Waals surface area contributed by atoms with Crippen LogP contribution in [-0.2, 0) is 0 Å². The van der Waals surface area contributed by atoms with Gasteiger partial charge < -0.3 is 5.73 Å². The Labute approximate surface area is 75.1 Å². The minimum absolute atomic E-state index is 0.811. The van der Waals surface area contributed by atoms with E-state index in [4.69, 9.17) is 5.73 Å². The van der Waals surface area contributed by atoms with Crippen LogP contribution in [0.2, 0.25) is 0 Å². The molecule has 1 saturated carbocycles. The molecule has 0 spiro atoms. The van der Waals surface area contributed by atoms with E-state index >= 15 is 0 Å². The third-order valence-corrected chi connectivity index (χ3v) is 3.71. The lowest BCUT2D eigenvalue weighted by atomic mass is 9.78. The van der Waals surface area contributed by atoms with E-state index in [2.05, 4.69) is 11.8 Å². The van der Waals surface area contributed by atoms with Gasteiger partial charge in [-0.1, -0.05) is 0 Å². The average Bonchev–Trinajstić information content (AvgIpc) is 2.36. The quantitative estimate of drug-likeness (QED) is 0.671. The fraction of sp³-hybridized carbons (Fsp3) is 1.00. The fourth-order valence-corrected chi connectivity index (χ4v) is 2.71. The van der Waals surface area contributed by atoms with Gasteiger partial charge in [-0.05, 0) is 51.6 Å². The van der Waals surface area contributed by atoms with E-state index in [0.717, 1.165) is 24.5 Å². The van der Waals surface area contributed by atoms with Crippen molar-refractivity contribution in [2.45, 2.75) is 44.7 Å². The van der Waals surface area contributed by atoms with E-state index in [9.17, 15) is 0 Å². The Hall–Kier alpha value is -0.0800. The lowest BCUT2D eigenvalue weighted by Gasteiger charge is -2.44. The summed E-state index contributed by atoms with van der Waals surface area (Å²) in [7, 11) is 0. The minimum atomic E-state index is 0.811. The van der Waals surface area contributed by atoms with Gasteiger partial charge in [-0.2, -0.15) is 0 Å². The van der Waals surface area contributed by atoms with Crippen molar-refractivity contribution in [2.24, 2.45) is 11.7 Å². The molecule has 1 heterocycles. The summed E-state index contributed by atoms with van der Waals surface area (Å²) < 4.78 is 0. The highest BCUT2D eigenvalue weighted by Gasteiger charge is 2.37. The summed E-state index contributed by atoms with van der Waals surface area (Å²) in [5.41, 5.74) is 5.71. The molecule has 2 heteroatoms. The Bertz CT molecular complexity index is 156. The van der Waals surface area contributed by atoms with Gasteiger partial charge in [0.2, 0.25) is 0 Å². The molecule has 2 aliphatic rings. The topological polar surface area (TPSA) is 29.3 Å². The SMILES string of the molecule is CC1CCCN1C1CCC1CN. The molecule has 1 aliphatic carbocycles. The second-order valence-electron chi connectivity index (χ2n) is 4.37. The predicted molar refractivity (Wildman–Crippen MR) is 51.0 cm³/mol. The maximum atomic E-state index is 5.71. The largest absolute Gasteiger partial charge is 0.330 e. The zero-order valence-electron chi connectivity index (χ0n) is 8.00. The second kappa shape index (κ2) is 3.35. The van der Waals surface area contributed by atoms with Crippen LogP contribution in [0.4, 0.5) is 0 Å². The third kappa shape index (κ3) is 1.27. The first-order valence-electron chi connectivity index (χ1n) is 5.28. The standard InChI is InChI=1S/C10H20N2/c1-8-3-2-6-12(8)10-5-4-9(10)7-11/h8-10H,2-7,11H2,1H3. The maximum Gasteiger partial charge on any atom is 0.0138 e. The van der Waals surface area contributed by atoms with Crippen LogP contribution < -0.4 is 5.73 Å². The highest BCUT2D eigenvalue weighted by molar-refractivity contribution is 4.93. The molecule has 3 atom stereocenters. The minimum Gasteiger partial charge on any atom is -0.330 e. The highest BCUT2D eigenvalue weighted by atomic mass is 15.2. The average molecular weight is 168 g/mol. The molecule has 70 valence electrons. The monoisotopic (exact) mass is 168 g/mol. The normalized spacial score (nSPS) is 43.0. The van der Waals surface area contributed by atoms with E-state index in [-0.39, 0.29) is 0 Å². The number of nitrogens with zero attached hydrogens (tertiary/aromatic N) is 1. The van der Waals surface area contributed by atoms with Gasteiger partial charge >= 0.3 is 0 Å². The summed E-state index contributed by atoms with van der Waals surface area (Å²) in [5, 5.41) is 0. The van der Waals surface area contributed by atoms with Crippen LogP contribution in [0.15, 0.2) is 0 Å². The van der Waals surface area contributed by atoms with Crippen molar-refractivity contribution < 1.29 is 0 Å². The van der Waals surface area contributed by atoms with Crippen LogP contribution in [0.5, 0.6) is 0 Å². The summed E-state index contributed by atoms with van der Waals surface area (Å²) in [6.07, 6.45) is 5.55. The molecule has 0 aromatic rings. The first-order valence-corrected chi connectivity index (χ1v) is 5.28. The predicted octanol–water partition coefficient (Wildman–Crippen LogP) is 1.21. The van der Waals surface area contributed by atoms with Gasteiger partial charge in [-0.3, -0.25) is 4.90 Å². The Morgan fingerprint density at radius 3 is 2.58 bits per heavy atom. The Morgan fingerprint density at radius 2 is 2.17 bits per heavy atom. The van der Waals surface area contributed by atoms with Crippen LogP contribution in [0.1, 0.15) is 32.6 Å². The van der Waals surface area contributed by atoms with E-state index < -0.39 is 0 Å². The number of hydrogen-bond donors (Lipinski definition) is 1. The van der Waals surface area contributed by atoms with Gasteiger partial charge in [-0.25, -0.2) is 0 Å². The number of rotatable bonds is 2. The van der Waals surface area contributed by atoms with Gasteiger partial charge in [0.1, 0.15) is 0 Å². The van der Waals surface area contributed by atoms with Gasteiger partial charge in [0.05, 0.1) is 0 Å². The lowest BCUT2D eigenvalue weighted by Crippen LogP contribution is -2.50. The zero-order chi connectivity index (χ0) is 8.55. The van der Waals surface area contributed by atoms with Crippen LogP contribution in [0, 0.1) is 5.92 Å². The molecule has 12 heavy (non-hydrogen) atoms. The molecule has 2 fully saturated rings. The first-order chi connectivity index (χ1) is 5.83. The summed E-state index contributed by atoms with van der Waals surface area (Å²) in [4.78, 5) is 2.68. The van der Waals surface area contributed by atoms with Crippen LogP contribution in [0.3, 0.4) is 0 Å². The summed E-state index contributed by atoms with van der Waals surface area (Å²) >= 11 is 0. The summed E-state index contributed by atoms with van der Waals surface area (Å²) in [6.45, 7) is 4.58. The first kappa shape index (κ1) is 8.52. The van der Waals surface area contributed by atoms with E-state index in [1.54, 1.807) is 0 Å². The highest BCUT2D eigenvalue weighted by Crippen LogP contribution is 2.35. The van der Waals surface area contributed by atoms with Crippen molar-refractivity contribution in [2.75, 3.05) is 13.1 Å². The van der Waals surface area contributed by atoms with Crippen LogP contribution in [-0.4, -0.2) is 30.1 Å². The molecule has 0 amide bonds. The Balaban J connectivity index is 1.91. The zero-order valence-corrected chi connectivity index (χ0v) is 8.00. The molecule has 2 N–H and O–H groups in total. The summed E-state index contributed by atoms with van der Waals surface area (Å²) in [6, 6.07) is 1.66. The Morgan fingerprint density at radius 1 is 1.33 bits per heavy atom. The summed E-state index contributed by atoms with van der Waals surface area (Å²) in [5.74, 6) is 0.811. The molecule has 0 radical (unpaired) electrons. The van der Waals surface area contributed by atoms with Crippen molar-refractivity contribution >= 4 is 0 Å². The molecule has 2 nitrogen and oxygen atoms in total. The molecule has 1 aliphatic heterocycles. The smallest absolute Gasteiger partial charge is 0.0138 e. The lowest BCUT2D eigenvalue weighted by molar-refractivity contribution is 0.0617. The van der Waals surface area contributed by atoms with Crippen LogP contribution >= 0.6 is 0 Å². The fourth-order valence-electron chi connectivity index (χ4n) is 2.71. The number of hydrogen-bond acceptors (Lipinski definition) is 2. The molecule has 3 unspecified atom stereocenters. The molecule has 1 saturated heterocycles. The van der Waals surface area contributed by atoms with E-state index in [1.165, 1.54) is 32.2 Å². The van der Waals surface area contributed by atoms with E-state index in [1.807, 2.05) is 0 Å². The van der Waals surface area contributed by atoms with Gasteiger partial charge in [-0.15, -0.1) is 0 Å². The van der Waals surface area contributed by atoms with Crippen molar-refractivity contribution in [3.63, 3.8) is 0 Å². The second-order valence-corrected chi connectivity index (χ2v) is 4.37. The molecule has 2 rings (SSSR count). The van der Waals surface area contributed by atoms with Crippen molar-refractivity contribution in [3.05, 3.63) is 0 Å². The van der Waals surface area contributed by atoms with Crippen molar-refractivity contribution in [1.82, 2.24) is 4.90 Å². The number of nitrogens with two attached hydrogens (primary N) is 1. The van der Waals surface area contributed by atoms with Crippen molar-refractivity contribution in [1.29, 1.82) is 0 Å². The molecular formula is C10H20N2. The molecular weight excluding hydrogens is 148 g/mol. The molecule has 0 aromatic heterocycles. The van der Waals surface area contributed by atoms with Gasteiger partial charge in [0.15, 0.2) is 0 Å². The van der Waals surface area contributed by atoms with E-state index in [0.29, 0.717) is 0 Å². The van der Waals surface area contributed by atoms with Gasteiger partial charge in [0.25, 0.3) is 0 Å². The number of likely N-dealkylation sites (tertiary alicyclic amines) is 1. The molecule has 0 bridgehead atoms. The van der Waals surface area contributed by atoms with Crippen LogP contribution in [0.25, 0.3) is 0 Å². The maximum absolute atomic E-state index is 5.71. The van der Waals surface area contributed by atoms with Gasteiger partial charge in [0, 0.05) is 12.1 Å². The molecule has 0 aromatic carbocycles.